The van der Waals surface area contributed by atoms with Crippen molar-refractivity contribution in [3.63, 3.8) is 0 Å². The van der Waals surface area contributed by atoms with Crippen LogP contribution in [0.15, 0.2) is 78.9 Å². The Morgan fingerprint density at radius 2 is 1.57 bits per heavy atom. The van der Waals surface area contributed by atoms with Crippen molar-refractivity contribution in [3.05, 3.63) is 107 Å². The second-order valence-electron chi connectivity index (χ2n) is 16.1. The van der Waals surface area contributed by atoms with Gasteiger partial charge in [0, 0.05) is 74.8 Å². The molecule has 3 aromatic carbocycles. The van der Waals surface area contributed by atoms with Gasteiger partial charge in [0.15, 0.2) is 6.10 Å². The molecule has 6 atom stereocenters. The van der Waals surface area contributed by atoms with Crippen molar-refractivity contribution in [2.75, 3.05) is 72.0 Å². The van der Waals surface area contributed by atoms with Crippen LogP contribution < -0.4 is 9.64 Å². The van der Waals surface area contributed by atoms with E-state index in [0.29, 0.717) is 25.1 Å². The van der Waals surface area contributed by atoms with Crippen molar-refractivity contribution < 1.29 is 37.7 Å². The lowest BCUT2D eigenvalue weighted by atomic mass is 9.47. The van der Waals surface area contributed by atoms with Crippen molar-refractivity contribution in [1.29, 1.82) is 0 Å². The van der Waals surface area contributed by atoms with Gasteiger partial charge in [-0.25, -0.2) is 13.6 Å². The maximum Gasteiger partial charge on any atom is 0.344 e. The second-order valence-corrected chi connectivity index (χ2v) is 16.1. The smallest absolute Gasteiger partial charge is 0.344 e. The summed E-state index contributed by atoms with van der Waals surface area (Å²) < 4.78 is 45.2. The molecule has 0 aromatic heterocycles. The van der Waals surface area contributed by atoms with Gasteiger partial charge in [0.05, 0.1) is 26.3 Å². The van der Waals surface area contributed by atoms with Crippen LogP contribution in [-0.2, 0) is 24.5 Å². The zero-order valence-corrected chi connectivity index (χ0v) is 32.6. The number of esters is 2. The number of hydrogen-bond acceptors (Lipinski definition) is 10. The van der Waals surface area contributed by atoms with Gasteiger partial charge < -0.3 is 29.1 Å². The number of piperazine rings is 1. The van der Waals surface area contributed by atoms with E-state index in [1.807, 2.05) is 31.0 Å². The predicted molar refractivity (Wildman–Crippen MR) is 207 cm³/mol. The Morgan fingerprint density at radius 1 is 0.911 bits per heavy atom. The van der Waals surface area contributed by atoms with E-state index >= 15 is 0 Å². The Bertz CT molecular complexity index is 1930. The first-order chi connectivity index (χ1) is 27.0. The van der Waals surface area contributed by atoms with E-state index in [-0.39, 0.29) is 30.1 Å². The molecule has 5 aliphatic rings. The van der Waals surface area contributed by atoms with Crippen LogP contribution >= 0.6 is 0 Å². The molecule has 3 aromatic rings. The number of halogens is 2. The molecule has 0 radical (unpaired) electrons. The minimum absolute atomic E-state index is 0.114. The number of likely N-dealkylation sites (N-methyl/N-ethyl adjacent to an activating group) is 1. The number of ether oxygens (including phenoxy) is 3. The molecule has 2 saturated heterocycles. The summed E-state index contributed by atoms with van der Waals surface area (Å²) in [5, 5.41) is 13.1. The van der Waals surface area contributed by atoms with Gasteiger partial charge in [-0.1, -0.05) is 49.4 Å². The van der Waals surface area contributed by atoms with Gasteiger partial charge in [-0.2, -0.15) is 0 Å². The highest BCUT2D eigenvalue weighted by Crippen LogP contribution is 2.67. The van der Waals surface area contributed by atoms with Gasteiger partial charge in [-0.05, 0) is 79.4 Å². The summed E-state index contributed by atoms with van der Waals surface area (Å²) in [7, 11) is 4.79. The van der Waals surface area contributed by atoms with Crippen LogP contribution in [0.4, 0.5) is 14.5 Å². The zero-order chi connectivity index (χ0) is 39.4. The molecule has 1 aliphatic carbocycles. The third kappa shape index (κ3) is 5.94. The fourth-order valence-corrected chi connectivity index (χ4v) is 11.3. The second kappa shape index (κ2) is 14.9. The first-order valence-electron chi connectivity index (χ1n) is 19.8. The first-order valence-corrected chi connectivity index (χ1v) is 19.8. The summed E-state index contributed by atoms with van der Waals surface area (Å²) in [6, 6.07) is 17.9. The number of anilines is 1. The summed E-state index contributed by atoms with van der Waals surface area (Å²) in [5.74, 6) is -1.21. The number of fused-ring (bicyclic) bond motifs is 1. The number of carbonyl (C=O) groups excluding carboxylic acids is 2. The molecule has 10 nitrogen and oxygen atoms in total. The van der Waals surface area contributed by atoms with Crippen LogP contribution in [0.3, 0.4) is 0 Å². The number of benzene rings is 3. The van der Waals surface area contributed by atoms with Crippen LogP contribution in [0.2, 0.25) is 0 Å². The van der Waals surface area contributed by atoms with Crippen molar-refractivity contribution >= 4 is 17.6 Å². The Morgan fingerprint density at radius 3 is 2.18 bits per heavy atom. The number of hydrogen-bond donors (Lipinski definition) is 1. The molecular weight excluding hydrogens is 719 g/mol. The number of nitrogens with zero attached hydrogens (tertiary/aromatic N) is 4. The van der Waals surface area contributed by atoms with Crippen molar-refractivity contribution in [3.8, 4) is 5.75 Å². The number of methoxy groups -OCH3 is 2. The van der Waals surface area contributed by atoms with Gasteiger partial charge in [0.2, 0.25) is 5.60 Å². The fourth-order valence-electron chi connectivity index (χ4n) is 11.3. The quantitative estimate of drug-likeness (QED) is 0.210. The van der Waals surface area contributed by atoms with Crippen LogP contribution in [-0.4, -0.2) is 123 Å². The van der Waals surface area contributed by atoms with Crippen molar-refractivity contribution in [2.24, 2.45) is 5.41 Å². The minimum Gasteiger partial charge on any atom is -0.497 e. The zero-order valence-electron chi connectivity index (χ0n) is 32.6. The molecule has 1 N–H and O–H groups in total. The SMILES string of the molecule is CC[C@]12C=CCN3CC[C@@]4(c5ccc(OC)cc5N(C)[C@H]4[C@@](O)(C(=O)OC)[C@@H]1OC(=O)CCCN1CCN(C(c4ccc(F)cc4)c4ccc(F)cc4)CC1)[C@@H]32. The summed E-state index contributed by atoms with van der Waals surface area (Å²) in [6.45, 7) is 7.17. The Balaban J connectivity index is 0.996. The van der Waals surface area contributed by atoms with E-state index in [1.165, 1.54) is 31.4 Å². The normalized spacial score (nSPS) is 29.9. The molecule has 4 heterocycles. The van der Waals surface area contributed by atoms with Crippen molar-refractivity contribution in [1.82, 2.24) is 14.7 Å². The first kappa shape index (κ1) is 38.5. The van der Waals surface area contributed by atoms with E-state index < -0.39 is 40.5 Å². The Labute approximate surface area is 327 Å². The molecule has 4 aliphatic heterocycles. The van der Waals surface area contributed by atoms with Gasteiger partial charge in [0.1, 0.15) is 17.4 Å². The average Bonchev–Trinajstić information content (AvgIpc) is 3.73. The van der Waals surface area contributed by atoms with Crippen LogP contribution in [0.1, 0.15) is 55.3 Å². The van der Waals surface area contributed by atoms with Gasteiger partial charge in [0.25, 0.3) is 0 Å². The number of carbonyl (C=O) groups is 2. The molecule has 0 bridgehead atoms. The monoisotopic (exact) mass is 770 g/mol. The Hall–Kier alpha value is -4.36. The lowest BCUT2D eigenvalue weighted by Gasteiger charge is -2.63. The number of aliphatic hydroxyl groups is 1. The molecule has 1 spiro atoms. The maximum atomic E-state index is 14.2. The minimum atomic E-state index is -2.18. The highest BCUT2D eigenvalue weighted by molar-refractivity contribution is 5.87. The lowest BCUT2D eigenvalue weighted by Crippen LogP contribution is -2.81. The van der Waals surface area contributed by atoms with Gasteiger partial charge in [-0.15, -0.1) is 0 Å². The topological polar surface area (TPSA) is 95.0 Å². The average molecular weight is 771 g/mol. The molecule has 0 unspecified atom stereocenters. The third-order valence-corrected chi connectivity index (χ3v) is 13.6. The molecule has 1 saturated carbocycles. The van der Waals surface area contributed by atoms with Gasteiger partial charge in [-0.3, -0.25) is 14.6 Å². The fraction of sp³-hybridized carbons (Fsp3) is 0.500. The highest BCUT2D eigenvalue weighted by Gasteiger charge is 2.80. The lowest BCUT2D eigenvalue weighted by molar-refractivity contribution is -0.229. The summed E-state index contributed by atoms with van der Waals surface area (Å²) in [5.41, 5.74) is 0.120. The maximum absolute atomic E-state index is 14.2. The van der Waals surface area contributed by atoms with Gasteiger partial charge >= 0.3 is 11.9 Å². The third-order valence-electron chi connectivity index (χ3n) is 13.6. The molecule has 0 amide bonds. The molecule has 298 valence electrons. The van der Waals surface area contributed by atoms with Crippen LogP contribution in [0.5, 0.6) is 5.75 Å². The molecule has 12 heteroatoms. The van der Waals surface area contributed by atoms with Crippen molar-refractivity contribution in [2.45, 2.75) is 67.9 Å². The molecular formula is C44H52F2N4O6. The standard InChI is InChI=1S/C44H52F2N4O6/c1-5-42-19-7-22-50-23-20-43(38(42)50)34-18-17-33(54-3)28-35(34)47(2)39(43)44(53,41(52)55-4)40(42)56-36(51)8-6-21-48-24-26-49(27-25-48)37(29-9-13-31(45)14-10-29)30-11-15-32(46)16-12-30/h7,9-19,28,37-40,53H,5-6,8,20-27H2,1-4H3/t38-,39+,40+,42+,43+,44-/m0/s1. The molecule has 8 rings (SSSR count). The summed E-state index contributed by atoms with van der Waals surface area (Å²) >= 11 is 0. The van der Waals surface area contributed by atoms with E-state index in [4.69, 9.17) is 14.2 Å². The van der Waals surface area contributed by atoms with Crippen LogP contribution in [0, 0.1) is 17.0 Å². The molecule has 56 heavy (non-hydrogen) atoms. The van der Waals surface area contributed by atoms with E-state index in [9.17, 15) is 23.5 Å². The predicted octanol–water partition coefficient (Wildman–Crippen LogP) is 5.09. The number of rotatable bonds is 11. The highest BCUT2D eigenvalue weighted by atomic mass is 19.1. The van der Waals surface area contributed by atoms with E-state index in [1.54, 1.807) is 31.4 Å². The van der Waals surface area contributed by atoms with E-state index in [0.717, 1.165) is 68.1 Å². The Kier molecular flexibility index (Phi) is 10.2. The largest absolute Gasteiger partial charge is 0.497 e. The van der Waals surface area contributed by atoms with E-state index in [2.05, 4.69) is 32.9 Å². The summed E-state index contributed by atoms with van der Waals surface area (Å²) in [4.78, 5) is 37.2. The molecule has 3 fully saturated rings. The summed E-state index contributed by atoms with van der Waals surface area (Å²) in [6.07, 6.45) is 4.88. The van der Waals surface area contributed by atoms with Crippen LogP contribution in [0.25, 0.3) is 0 Å².